The lowest BCUT2D eigenvalue weighted by Crippen LogP contribution is -2.36. The summed E-state index contributed by atoms with van der Waals surface area (Å²) < 4.78 is 0. The maximum absolute atomic E-state index is 11.8. The lowest BCUT2D eigenvalue weighted by atomic mass is 9.79. The molecule has 1 aromatic rings. The highest BCUT2D eigenvalue weighted by Gasteiger charge is 2.41. The molecule has 4 nitrogen and oxygen atoms in total. The highest BCUT2D eigenvalue weighted by atomic mass is 32.2. The molecule has 0 aromatic carbocycles. The second kappa shape index (κ2) is 3.13. The van der Waals surface area contributed by atoms with Crippen LogP contribution in [0.5, 0.6) is 0 Å². The van der Waals surface area contributed by atoms with Gasteiger partial charge >= 0.3 is 0 Å². The Kier molecular flexibility index (Phi) is 1.88. The normalized spacial score (nSPS) is 27.7. The van der Waals surface area contributed by atoms with Crippen molar-refractivity contribution in [1.29, 1.82) is 0 Å². The Morgan fingerprint density at radius 2 is 2.47 bits per heavy atom. The molecule has 0 saturated carbocycles. The number of nitrogens with zero attached hydrogens (tertiary/aromatic N) is 1. The van der Waals surface area contributed by atoms with Crippen LogP contribution in [0.4, 0.5) is 0 Å². The second-order valence-electron chi connectivity index (χ2n) is 3.89. The number of thioether (sulfide) groups is 1. The summed E-state index contributed by atoms with van der Waals surface area (Å²) in [6, 6.07) is 0. The number of aromatic amines is 1. The molecule has 15 heavy (non-hydrogen) atoms. The maximum atomic E-state index is 11.8. The van der Waals surface area contributed by atoms with Gasteiger partial charge in [-0.05, 0) is 12.6 Å². The molecule has 78 valence electrons. The number of hydrogen-bond donors (Lipinski definition) is 2. The Hall–Kier alpha value is -1.23. The average Bonchev–Trinajstić information content (AvgIpc) is 2.60. The van der Waals surface area contributed by atoms with Gasteiger partial charge in [-0.3, -0.25) is 4.79 Å². The molecule has 0 fully saturated rings. The second-order valence-corrected chi connectivity index (χ2v) is 4.86. The van der Waals surface area contributed by atoms with Gasteiger partial charge in [0.05, 0.1) is 11.9 Å². The van der Waals surface area contributed by atoms with Gasteiger partial charge in [-0.25, -0.2) is 4.98 Å². The van der Waals surface area contributed by atoms with E-state index < -0.39 is 0 Å². The van der Waals surface area contributed by atoms with Crippen LogP contribution in [0.25, 0.3) is 0 Å². The van der Waals surface area contributed by atoms with E-state index in [0.29, 0.717) is 0 Å². The summed E-state index contributed by atoms with van der Waals surface area (Å²) in [4.78, 5) is 18.7. The molecular weight excluding hydrogens is 210 g/mol. The van der Waals surface area contributed by atoms with Gasteiger partial charge in [-0.15, -0.1) is 11.8 Å². The van der Waals surface area contributed by atoms with E-state index in [9.17, 15) is 4.79 Å². The van der Waals surface area contributed by atoms with Crippen LogP contribution in [0.1, 0.15) is 12.0 Å². The predicted octanol–water partition coefficient (Wildman–Crippen LogP) is 0.620. The molecule has 0 radical (unpaired) electrons. The van der Waals surface area contributed by atoms with Crippen molar-refractivity contribution in [2.24, 2.45) is 0 Å². The van der Waals surface area contributed by atoms with Crippen LogP contribution in [0.15, 0.2) is 28.4 Å². The third kappa shape index (κ3) is 1.23. The van der Waals surface area contributed by atoms with Crippen molar-refractivity contribution in [3.05, 3.63) is 34.5 Å². The van der Waals surface area contributed by atoms with Gasteiger partial charge in [-0.2, -0.15) is 0 Å². The Labute approximate surface area is 91.2 Å². The third-order valence-corrected chi connectivity index (χ3v) is 4.26. The minimum atomic E-state index is -0.0902. The van der Waals surface area contributed by atoms with Crippen molar-refractivity contribution >= 4 is 11.8 Å². The van der Waals surface area contributed by atoms with Crippen molar-refractivity contribution in [3.63, 3.8) is 0 Å². The smallest absolute Gasteiger partial charge is 0.255 e. The molecule has 1 aromatic heterocycles. The standard InChI is InChI=1S/C10H11N3OS/c14-8-7-9(13-6-12-8)15-5-10(7)1-3-11-4-2-10/h1,3,6,11H,2,4-5H2,(H,12,13,14). The first-order valence-corrected chi connectivity index (χ1v) is 5.92. The molecule has 0 amide bonds. The maximum Gasteiger partial charge on any atom is 0.255 e. The predicted molar refractivity (Wildman–Crippen MR) is 59.0 cm³/mol. The van der Waals surface area contributed by atoms with Crippen molar-refractivity contribution in [3.8, 4) is 0 Å². The molecule has 5 heteroatoms. The van der Waals surface area contributed by atoms with Gasteiger partial charge in [0.2, 0.25) is 0 Å². The first-order chi connectivity index (χ1) is 7.32. The van der Waals surface area contributed by atoms with E-state index in [1.165, 1.54) is 6.33 Å². The summed E-state index contributed by atoms with van der Waals surface area (Å²) >= 11 is 1.68. The highest BCUT2D eigenvalue weighted by Crippen LogP contribution is 2.44. The summed E-state index contributed by atoms with van der Waals surface area (Å²) in [7, 11) is 0. The molecule has 0 aliphatic carbocycles. The lowest BCUT2D eigenvalue weighted by molar-refractivity contribution is 0.504. The number of fused-ring (bicyclic) bond motifs is 2. The molecule has 1 spiro atoms. The van der Waals surface area contributed by atoms with E-state index in [-0.39, 0.29) is 11.0 Å². The van der Waals surface area contributed by atoms with Crippen LogP contribution in [0.2, 0.25) is 0 Å². The van der Waals surface area contributed by atoms with Crippen molar-refractivity contribution in [2.75, 3.05) is 12.3 Å². The first-order valence-electron chi connectivity index (χ1n) is 4.94. The van der Waals surface area contributed by atoms with Crippen LogP contribution in [0, 0.1) is 0 Å². The summed E-state index contributed by atoms with van der Waals surface area (Å²) in [5, 5.41) is 4.06. The lowest BCUT2D eigenvalue weighted by Gasteiger charge is -2.28. The summed E-state index contributed by atoms with van der Waals surface area (Å²) in [5.41, 5.74) is 0.775. The molecule has 1 unspecified atom stereocenters. The fourth-order valence-electron chi connectivity index (χ4n) is 2.21. The van der Waals surface area contributed by atoms with E-state index in [2.05, 4.69) is 21.4 Å². The molecule has 2 aliphatic heterocycles. The highest BCUT2D eigenvalue weighted by molar-refractivity contribution is 7.99. The molecular formula is C10H11N3OS. The number of nitrogens with one attached hydrogen (secondary N) is 2. The molecule has 2 aliphatic rings. The van der Waals surface area contributed by atoms with Gasteiger partial charge in [0.25, 0.3) is 5.56 Å². The molecule has 3 heterocycles. The largest absolute Gasteiger partial charge is 0.391 e. The summed E-state index contributed by atoms with van der Waals surface area (Å²) in [6.07, 6.45) is 6.51. The number of allylic oxidation sites excluding steroid dienone is 1. The Balaban J connectivity index is 2.22. The average molecular weight is 221 g/mol. The van der Waals surface area contributed by atoms with Crippen LogP contribution in [-0.2, 0) is 5.41 Å². The summed E-state index contributed by atoms with van der Waals surface area (Å²) in [6.45, 7) is 0.921. The minimum absolute atomic E-state index is 0.0107. The fraction of sp³-hybridized carbons (Fsp3) is 0.400. The first kappa shape index (κ1) is 9.03. The summed E-state index contributed by atoms with van der Waals surface area (Å²) in [5.74, 6) is 0.931. The molecule has 0 bridgehead atoms. The number of hydrogen-bond acceptors (Lipinski definition) is 4. The van der Waals surface area contributed by atoms with Crippen LogP contribution < -0.4 is 10.9 Å². The Bertz CT molecular complexity index is 482. The SMILES string of the molecule is O=c1[nH]cnc2c1C1(C=CNCC1)CS2. The zero-order valence-corrected chi connectivity index (χ0v) is 8.93. The zero-order valence-electron chi connectivity index (χ0n) is 8.12. The van der Waals surface area contributed by atoms with E-state index in [1.54, 1.807) is 11.8 Å². The van der Waals surface area contributed by atoms with E-state index >= 15 is 0 Å². The number of H-pyrrole nitrogens is 1. The quantitative estimate of drug-likeness (QED) is 0.631. The molecule has 3 rings (SSSR count). The Morgan fingerprint density at radius 1 is 1.53 bits per heavy atom. The molecule has 0 saturated heterocycles. The topological polar surface area (TPSA) is 57.8 Å². The third-order valence-electron chi connectivity index (χ3n) is 3.02. The van der Waals surface area contributed by atoms with Crippen LogP contribution in [-0.4, -0.2) is 22.3 Å². The van der Waals surface area contributed by atoms with Gasteiger partial charge in [0, 0.05) is 17.7 Å². The number of aromatic nitrogens is 2. The Morgan fingerprint density at radius 3 is 3.27 bits per heavy atom. The number of rotatable bonds is 0. The molecule has 2 N–H and O–H groups in total. The fourth-order valence-corrected chi connectivity index (χ4v) is 3.56. The minimum Gasteiger partial charge on any atom is -0.391 e. The van der Waals surface area contributed by atoms with Gasteiger partial charge < -0.3 is 10.3 Å². The van der Waals surface area contributed by atoms with Crippen LogP contribution >= 0.6 is 11.8 Å². The van der Waals surface area contributed by atoms with E-state index in [1.807, 2.05) is 6.20 Å². The van der Waals surface area contributed by atoms with Crippen molar-refractivity contribution in [2.45, 2.75) is 16.9 Å². The van der Waals surface area contributed by atoms with E-state index in [0.717, 1.165) is 29.3 Å². The van der Waals surface area contributed by atoms with Crippen molar-refractivity contribution < 1.29 is 0 Å². The monoisotopic (exact) mass is 221 g/mol. The van der Waals surface area contributed by atoms with E-state index in [4.69, 9.17) is 0 Å². The van der Waals surface area contributed by atoms with Crippen LogP contribution in [0.3, 0.4) is 0 Å². The molecule has 1 atom stereocenters. The van der Waals surface area contributed by atoms with Gasteiger partial charge in [0.1, 0.15) is 5.03 Å². The van der Waals surface area contributed by atoms with Crippen molar-refractivity contribution in [1.82, 2.24) is 15.3 Å². The van der Waals surface area contributed by atoms with Gasteiger partial charge in [-0.1, -0.05) is 6.08 Å². The van der Waals surface area contributed by atoms with Gasteiger partial charge in [0.15, 0.2) is 0 Å². The zero-order chi connectivity index (χ0) is 10.3.